The lowest BCUT2D eigenvalue weighted by molar-refractivity contribution is -0.120. The fourth-order valence-electron chi connectivity index (χ4n) is 1.41. The molecule has 0 saturated heterocycles. The Bertz CT molecular complexity index is 423. The van der Waals surface area contributed by atoms with Crippen LogP contribution in [0.15, 0.2) is 5.16 Å². The van der Waals surface area contributed by atoms with Gasteiger partial charge in [0.1, 0.15) is 0 Å². The molecule has 0 aliphatic heterocycles. The molecule has 1 aromatic heterocycles. The van der Waals surface area contributed by atoms with Crippen molar-refractivity contribution in [2.75, 3.05) is 0 Å². The molecule has 0 bridgehead atoms. The number of nitrogens with zero attached hydrogens (tertiary/aromatic N) is 2. The van der Waals surface area contributed by atoms with E-state index in [1.807, 2.05) is 41.5 Å². The zero-order valence-corrected chi connectivity index (χ0v) is 12.7. The molecule has 1 aromatic rings. The van der Waals surface area contributed by atoms with E-state index >= 15 is 0 Å². The molecular formula is C13H21N3OS. The number of hydrogen-bond acceptors (Lipinski definition) is 4. The molecule has 1 N–H and O–H groups in total. The highest BCUT2D eigenvalue weighted by Gasteiger charge is 2.17. The maximum atomic E-state index is 11.8. The first kappa shape index (κ1) is 15.0. The summed E-state index contributed by atoms with van der Waals surface area (Å²) in [5.41, 5.74) is 3.06. The Kier molecular flexibility index (Phi) is 5.14. The molecule has 0 aliphatic rings. The summed E-state index contributed by atoms with van der Waals surface area (Å²) in [6, 6.07) is 0.156. The lowest BCUT2D eigenvalue weighted by Gasteiger charge is -2.14. The van der Waals surface area contributed by atoms with E-state index in [0.29, 0.717) is 5.16 Å². The molecule has 1 atom stereocenters. The number of amides is 1. The van der Waals surface area contributed by atoms with E-state index < -0.39 is 0 Å². The van der Waals surface area contributed by atoms with Crippen molar-refractivity contribution in [3.63, 3.8) is 0 Å². The Morgan fingerprint density at radius 3 is 2.06 bits per heavy atom. The normalized spacial score (nSPS) is 12.6. The topological polar surface area (TPSA) is 54.9 Å². The third-order valence-corrected chi connectivity index (χ3v) is 3.66. The summed E-state index contributed by atoms with van der Waals surface area (Å²) in [4.78, 5) is 20.6. The zero-order valence-electron chi connectivity index (χ0n) is 11.9. The number of aryl methyl sites for hydroxylation is 2. The molecule has 18 heavy (non-hydrogen) atoms. The van der Waals surface area contributed by atoms with Gasteiger partial charge in [0, 0.05) is 17.4 Å². The van der Waals surface area contributed by atoms with Crippen molar-refractivity contribution >= 4 is 17.7 Å². The fraction of sp³-hybridized carbons (Fsp3) is 0.615. The van der Waals surface area contributed by atoms with Crippen molar-refractivity contribution in [2.45, 2.75) is 58.0 Å². The number of thioether (sulfide) groups is 1. The average Bonchev–Trinajstić information content (AvgIpc) is 2.24. The zero-order chi connectivity index (χ0) is 13.9. The van der Waals surface area contributed by atoms with Crippen LogP contribution in [0, 0.1) is 20.8 Å². The van der Waals surface area contributed by atoms with E-state index in [2.05, 4.69) is 15.3 Å². The van der Waals surface area contributed by atoms with Crippen LogP contribution in [0.3, 0.4) is 0 Å². The van der Waals surface area contributed by atoms with Gasteiger partial charge in [-0.3, -0.25) is 4.79 Å². The predicted octanol–water partition coefficient (Wildman–Crippen LogP) is 2.41. The number of hydrogen-bond donors (Lipinski definition) is 1. The van der Waals surface area contributed by atoms with Crippen LogP contribution in [0.1, 0.15) is 37.7 Å². The smallest absolute Gasteiger partial charge is 0.233 e. The first-order valence-electron chi connectivity index (χ1n) is 6.10. The molecule has 1 heterocycles. The second-order valence-corrected chi connectivity index (χ2v) is 6.03. The number of carbonyl (C=O) groups is 1. The molecule has 0 saturated carbocycles. The summed E-state index contributed by atoms with van der Waals surface area (Å²) in [6.45, 7) is 11.7. The molecule has 0 unspecified atom stereocenters. The first-order valence-corrected chi connectivity index (χ1v) is 6.98. The lowest BCUT2D eigenvalue weighted by Crippen LogP contribution is -2.36. The molecule has 0 aromatic carbocycles. The summed E-state index contributed by atoms with van der Waals surface area (Å²) < 4.78 is 0. The summed E-state index contributed by atoms with van der Waals surface area (Å²) >= 11 is 1.40. The number of rotatable bonds is 4. The Hall–Kier alpha value is -1.10. The van der Waals surface area contributed by atoms with Gasteiger partial charge in [0.15, 0.2) is 5.16 Å². The van der Waals surface area contributed by atoms with Crippen LogP contribution in [0.25, 0.3) is 0 Å². The molecule has 0 radical (unpaired) electrons. The van der Waals surface area contributed by atoms with Crippen molar-refractivity contribution in [3.8, 4) is 0 Å². The Morgan fingerprint density at radius 2 is 1.61 bits per heavy atom. The monoisotopic (exact) mass is 267 g/mol. The van der Waals surface area contributed by atoms with E-state index in [1.165, 1.54) is 11.8 Å². The van der Waals surface area contributed by atoms with Gasteiger partial charge < -0.3 is 5.32 Å². The van der Waals surface area contributed by atoms with Crippen molar-refractivity contribution in [1.82, 2.24) is 15.3 Å². The molecule has 5 heteroatoms. The third-order valence-electron chi connectivity index (χ3n) is 2.69. The van der Waals surface area contributed by atoms with Crippen LogP contribution in [-0.4, -0.2) is 27.2 Å². The van der Waals surface area contributed by atoms with Gasteiger partial charge in [-0.2, -0.15) is 0 Å². The van der Waals surface area contributed by atoms with E-state index in [0.717, 1.165) is 17.0 Å². The van der Waals surface area contributed by atoms with Crippen LogP contribution in [0.4, 0.5) is 0 Å². The number of nitrogens with one attached hydrogen (secondary N) is 1. The van der Waals surface area contributed by atoms with Gasteiger partial charge in [0.2, 0.25) is 5.91 Å². The minimum Gasteiger partial charge on any atom is -0.353 e. The molecule has 1 rings (SSSR count). The molecule has 4 nitrogen and oxygen atoms in total. The predicted molar refractivity (Wildman–Crippen MR) is 74.8 cm³/mol. The summed E-state index contributed by atoms with van der Waals surface area (Å²) in [5, 5.41) is 3.37. The second kappa shape index (κ2) is 6.18. The Labute approximate surface area is 113 Å². The van der Waals surface area contributed by atoms with E-state index in [1.54, 1.807) is 0 Å². The quantitative estimate of drug-likeness (QED) is 0.672. The lowest BCUT2D eigenvalue weighted by atomic mass is 10.2. The van der Waals surface area contributed by atoms with Crippen LogP contribution in [0.2, 0.25) is 0 Å². The largest absolute Gasteiger partial charge is 0.353 e. The van der Waals surface area contributed by atoms with E-state index in [4.69, 9.17) is 0 Å². The Balaban J connectivity index is 2.76. The first-order chi connectivity index (χ1) is 8.31. The van der Waals surface area contributed by atoms with Crippen LogP contribution < -0.4 is 5.32 Å². The number of carbonyl (C=O) groups excluding carboxylic acids is 1. The van der Waals surface area contributed by atoms with Gasteiger partial charge in [0.05, 0.1) is 5.25 Å². The fourth-order valence-corrected chi connectivity index (χ4v) is 2.28. The number of aromatic nitrogens is 2. The van der Waals surface area contributed by atoms with Gasteiger partial charge in [-0.25, -0.2) is 9.97 Å². The Morgan fingerprint density at radius 1 is 1.11 bits per heavy atom. The van der Waals surface area contributed by atoms with Crippen LogP contribution in [0.5, 0.6) is 0 Å². The summed E-state index contributed by atoms with van der Waals surface area (Å²) in [6.07, 6.45) is 0. The molecule has 0 fully saturated rings. The van der Waals surface area contributed by atoms with Crippen LogP contribution in [-0.2, 0) is 4.79 Å². The average molecular weight is 267 g/mol. The second-order valence-electron chi connectivity index (χ2n) is 4.73. The SMILES string of the molecule is Cc1nc(S[C@H](C)C(=O)NC(C)C)nc(C)c1C. The third kappa shape index (κ3) is 3.98. The van der Waals surface area contributed by atoms with Gasteiger partial charge >= 0.3 is 0 Å². The highest BCUT2D eigenvalue weighted by Crippen LogP contribution is 2.21. The standard InChI is InChI=1S/C13H21N3OS/c1-7(2)14-12(17)11(6)18-13-15-9(4)8(3)10(5)16-13/h7,11H,1-6H3,(H,14,17)/t11-/m1/s1. The maximum Gasteiger partial charge on any atom is 0.233 e. The van der Waals surface area contributed by atoms with Gasteiger partial charge in [-0.15, -0.1) is 0 Å². The highest BCUT2D eigenvalue weighted by molar-refractivity contribution is 8.00. The molecule has 0 aliphatic carbocycles. The minimum absolute atomic E-state index is 0.0227. The van der Waals surface area contributed by atoms with Gasteiger partial charge in [-0.05, 0) is 47.1 Å². The van der Waals surface area contributed by atoms with E-state index in [9.17, 15) is 4.79 Å². The van der Waals surface area contributed by atoms with Crippen molar-refractivity contribution in [1.29, 1.82) is 0 Å². The van der Waals surface area contributed by atoms with Crippen molar-refractivity contribution < 1.29 is 4.79 Å². The molecule has 1 amide bonds. The summed E-state index contributed by atoms with van der Waals surface area (Å²) in [7, 11) is 0. The van der Waals surface area contributed by atoms with Gasteiger partial charge in [-0.1, -0.05) is 11.8 Å². The molecular weight excluding hydrogens is 246 g/mol. The maximum absolute atomic E-state index is 11.8. The molecule has 0 spiro atoms. The molecule has 100 valence electrons. The van der Waals surface area contributed by atoms with Gasteiger partial charge in [0.25, 0.3) is 0 Å². The van der Waals surface area contributed by atoms with Crippen molar-refractivity contribution in [3.05, 3.63) is 17.0 Å². The summed E-state index contributed by atoms with van der Waals surface area (Å²) in [5.74, 6) is 0.0227. The van der Waals surface area contributed by atoms with Crippen LogP contribution >= 0.6 is 11.8 Å². The highest BCUT2D eigenvalue weighted by atomic mass is 32.2. The van der Waals surface area contributed by atoms with E-state index in [-0.39, 0.29) is 17.2 Å². The minimum atomic E-state index is -0.186. The van der Waals surface area contributed by atoms with Crippen molar-refractivity contribution in [2.24, 2.45) is 0 Å².